The molecule has 0 spiro atoms. The van der Waals surface area contributed by atoms with Crippen LogP contribution in [-0.2, 0) is 7.05 Å². The molecule has 1 aliphatic heterocycles. The third-order valence-electron chi connectivity index (χ3n) is 5.07. The summed E-state index contributed by atoms with van der Waals surface area (Å²) >= 11 is 0. The number of rotatable bonds is 6. The highest BCUT2D eigenvalue weighted by Gasteiger charge is 2.21. The predicted octanol–water partition coefficient (Wildman–Crippen LogP) is 2.27. The van der Waals surface area contributed by atoms with Gasteiger partial charge in [-0.2, -0.15) is 0 Å². The van der Waals surface area contributed by atoms with Crippen molar-refractivity contribution in [2.24, 2.45) is 7.05 Å². The smallest absolute Gasteiger partial charge is 0.267 e. The van der Waals surface area contributed by atoms with Crippen LogP contribution >= 0.6 is 0 Å². The monoisotopic (exact) mass is 341 g/mol. The number of hydrogen-bond donors (Lipinski definition) is 2. The summed E-state index contributed by atoms with van der Waals surface area (Å²) in [5.74, 6) is -0.0535. The summed E-state index contributed by atoms with van der Waals surface area (Å²) in [7, 11) is 1.92. The van der Waals surface area contributed by atoms with Crippen molar-refractivity contribution in [2.45, 2.75) is 25.3 Å². The minimum Gasteiger partial charge on any atom is -0.395 e. The Morgan fingerprint density at radius 1 is 1.20 bits per heavy atom. The summed E-state index contributed by atoms with van der Waals surface area (Å²) in [4.78, 5) is 14.8. The summed E-state index contributed by atoms with van der Waals surface area (Å²) in [6.45, 7) is 2.59. The molecule has 2 aromatic rings. The van der Waals surface area contributed by atoms with E-state index in [2.05, 4.69) is 10.2 Å². The van der Waals surface area contributed by atoms with Gasteiger partial charge in [0.25, 0.3) is 5.91 Å². The molecule has 1 saturated heterocycles. The van der Waals surface area contributed by atoms with Crippen LogP contribution < -0.4 is 5.32 Å². The summed E-state index contributed by atoms with van der Waals surface area (Å²) in [6, 6.07) is 14.2. The van der Waals surface area contributed by atoms with E-state index in [1.165, 1.54) is 12.8 Å². The van der Waals surface area contributed by atoms with Crippen molar-refractivity contribution in [3.63, 3.8) is 0 Å². The molecule has 1 aromatic carbocycles. The number of nitrogens with zero attached hydrogens (tertiary/aromatic N) is 2. The minimum absolute atomic E-state index is 0.0535. The molecule has 0 bridgehead atoms. The molecular formula is C20H27N3O2. The average molecular weight is 341 g/mol. The van der Waals surface area contributed by atoms with Crippen LogP contribution in [0.4, 0.5) is 0 Å². The van der Waals surface area contributed by atoms with Crippen LogP contribution in [0, 0.1) is 0 Å². The van der Waals surface area contributed by atoms with E-state index < -0.39 is 0 Å². The zero-order chi connectivity index (χ0) is 17.6. The number of amides is 1. The van der Waals surface area contributed by atoms with Gasteiger partial charge in [-0.05, 0) is 37.1 Å². The quantitative estimate of drug-likeness (QED) is 0.847. The van der Waals surface area contributed by atoms with Crippen LogP contribution in [0.5, 0.6) is 0 Å². The van der Waals surface area contributed by atoms with E-state index in [9.17, 15) is 9.90 Å². The fraction of sp³-hybridized carbons (Fsp3) is 0.450. The molecule has 1 aliphatic rings. The SMILES string of the molecule is Cn1c(C(=O)NCCN2CCCCC2CO)ccc1-c1ccccc1. The van der Waals surface area contributed by atoms with Gasteiger partial charge in [0.05, 0.1) is 6.61 Å². The van der Waals surface area contributed by atoms with Crippen molar-refractivity contribution in [2.75, 3.05) is 26.2 Å². The van der Waals surface area contributed by atoms with Gasteiger partial charge >= 0.3 is 0 Å². The van der Waals surface area contributed by atoms with Crippen molar-refractivity contribution in [1.29, 1.82) is 0 Å². The van der Waals surface area contributed by atoms with Gasteiger partial charge < -0.3 is 15.0 Å². The van der Waals surface area contributed by atoms with E-state index in [0.29, 0.717) is 12.2 Å². The molecule has 0 radical (unpaired) electrons. The van der Waals surface area contributed by atoms with Crippen LogP contribution in [0.1, 0.15) is 29.8 Å². The van der Waals surface area contributed by atoms with Crippen LogP contribution in [0.25, 0.3) is 11.3 Å². The van der Waals surface area contributed by atoms with Gasteiger partial charge in [-0.15, -0.1) is 0 Å². The zero-order valence-electron chi connectivity index (χ0n) is 14.8. The van der Waals surface area contributed by atoms with Crippen molar-refractivity contribution in [3.05, 3.63) is 48.2 Å². The van der Waals surface area contributed by atoms with E-state index >= 15 is 0 Å². The Morgan fingerprint density at radius 3 is 2.76 bits per heavy atom. The first-order chi connectivity index (χ1) is 12.2. The highest BCUT2D eigenvalue weighted by molar-refractivity contribution is 5.93. The largest absolute Gasteiger partial charge is 0.395 e. The normalized spacial score (nSPS) is 18.2. The molecule has 5 nitrogen and oxygen atoms in total. The summed E-state index contributed by atoms with van der Waals surface area (Å²) < 4.78 is 1.93. The lowest BCUT2D eigenvalue weighted by atomic mass is 10.0. The molecule has 25 heavy (non-hydrogen) atoms. The Hall–Kier alpha value is -2.11. The molecule has 1 atom stereocenters. The Kier molecular flexibility index (Phi) is 5.89. The maximum atomic E-state index is 12.5. The van der Waals surface area contributed by atoms with Gasteiger partial charge in [0, 0.05) is 31.9 Å². The maximum Gasteiger partial charge on any atom is 0.267 e. The highest BCUT2D eigenvalue weighted by Crippen LogP contribution is 2.21. The molecule has 134 valence electrons. The van der Waals surface area contributed by atoms with Gasteiger partial charge in [-0.25, -0.2) is 0 Å². The number of carbonyl (C=O) groups is 1. The minimum atomic E-state index is -0.0535. The van der Waals surface area contributed by atoms with E-state index in [1.807, 2.05) is 54.1 Å². The molecule has 1 unspecified atom stereocenters. The molecule has 1 aromatic heterocycles. The lowest BCUT2D eigenvalue weighted by molar-refractivity contribution is 0.0845. The zero-order valence-corrected chi connectivity index (χ0v) is 14.8. The molecule has 0 aliphatic carbocycles. The number of carbonyl (C=O) groups excluding carboxylic acids is 1. The second kappa shape index (κ2) is 8.32. The average Bonchev–Trinajstić information content (AvgIpc) is 3.04. The van der Waals surface area contributed by atoms with Gasteiger partial charge in [0.1, 0.15) is 5.69 Å². The fourth-order valence-electron chi connectivity index (χ4n) is 3.60. The fourth-order valence-corrected chi connectivity index (χ4v) is 3.60. The van der Waals surface area contributed by atoms with Gasteiger partial charge in [-0.1, -0.05) is 36.8 Å². The third-order valence-corrected chi connectivity index (χ3v) is 5.07. The van der Waals surface area contributed by atoms with Crippen molar-refractivity contribution in [1.82, 2.24) is 14.8 Å². The van der Waals surface area contributed by atoms with Crippen LogP contribution in [0.3, 0.4) is 0 Å². The van der Waals surface area contributed by atoms with Crippen molar-refractivity contribution in [3.8, 4) is 11.3 Å². The van der Waals surface area contributed by atoms with Crippen molar-refractivity contribution >= 4 is 5.91 Å². The Morgan fingerprint density at radius 2 is 2.00 bits per heavy atom. The lowest BCUT2D eigenvalue weighted by Crippen LogP contribution is -2.45. The Bertz CT molecular complexity index is 696. The highest BCUT2D eigenvalue weighted by atomic mass is 16.3. The number of benzene rings is 1. The topological polar surface area (TPSA) is 57.5 Å². The predicted molar refractivity (Wildman–Crippen MR) is 99.5 cm³/mol. The maximum absolute atomic E-state index is 12.5. The number of likely N-dealkylation sites (tertiary alicyclic amines) is 1. The summed E-state index contributed by atoms with van der Waals surface area (Å²) in [6.07, 6.45) is 3.39. The van der Waals surface area contributed by atoms with Gasteiger partial charge in [0.15, 0.2) is 0 Å². The first kappa shape index (κ1) is 17.7. The third kappa shape index (κ3) is 4.11. The molecule has 2 N–H and O–H groups in total. The Balaban J connectivity index is 1.58. The Labute approximate surface area is 149 Å². The number of piperidine rings is 1. The van der Waals surface area contributed by atoms with Crippen LogP contribution in [0.2, 0.25) is 0 Å². The lowest BCUT2D eigenvalue weighted by Gasteiger charge is -2.34. The molecule has 1 fully saturated rings. The molecule has 5 heteroatoms. The van der Waals surface area contributed by atoms with E-state index in [-0.39, 0.29) is 18.6 Å². The second-order valence-electron chi connectivity index (χ2n) is 6.65. The first-order valence-corrected chi connectivity index (χ1v) is 9.05. The number of aromatic nitrogens is 1. The summed E-state index contributed by atoms with van der Waals surface area (Å²) in [5.41, 5.74) is 2.79. The van der Waals surface area contributed by atoms with E-state index in [1.54, 1.807) is 0 Å². The molecule has 1 amide bonds. The second-order valence-corrected chi connectivity index (χ2v) is 6.65. The molecule has 0 saturated carbocycles. The molecule has 3 rings (SSSR count). The van der Waals surface area contributed by atoms with E-state index in [4.69, 9.17) is 0 Å². The summed E-state index contributed by atoms with van der Waals surface area (Å²) in [5, 5.41) is 12.5. The number of hydrogen-bond acceptors (Lipinski definition) is 3. The number of nitrogens with one attached hydrogen (secondary N) is 1. The first-order valence-electron chi connectivity index (χ1n) is 9.05. The van der Waals surface area contributed by atoms with Crippen molar-refractivity contribution < 1.29 is 9.90 Å². The van der Waals surface area contributed by atoms with Crippen LogP contribution in [0.15, 0.2) is 42.5 Å². The number of aliphatic hydroxyl groups is 1. The number of aliphatic hydroxyl groups excluding tert-OH is 1. The van der Waals surface area contributed by atoms with Crippen LogP contribution in [-0.4, -0.2) is 52.8 Å². The molecular weight excluding hydrogens is 314 g/mol. The molecule has 2 heterocycles. The van der Waals surface area contributed by atoms with Gasteiger partial charge in [0.2, 0.25) is 0 Å². The van der Waals surface area contributed by atoms with Gasteiger partial charge in [-0.3, -0.25) is 9.69 Å². The standard InChI is InChI=1S/C20H27N3O2/c1-22-18(16-7-3-2-4-8-16)10-11-19(22)20(25)21-12-14-23-13-6-5-9-17(23)15-24/h2-4,7-8,10-11,17,24H,5-6,9,12-15H2,1H3,(H,21,25). The van der Waals surface area contributed by atoms with E-state index in [0.717, 1.165) is 30.8 Å².